The first kappa shape index (κ1) is 32.1. The number of nitrogens with zero attached hydrogens (tertiary/aromatic N) is 2. The van der Waals surface area contributed by atoms with Gasteiger partial charge in [-0.25, -0.2) is 4.79 Å². The van der Waals surface area contributed by atoms with Gasteiger partial charge in [0.05, 0.1) is 5.57 Å². The van der Waals surface area contributed by atoms with Gasteiger partial charge in [0, 0.05) is 55.0 Å². The Bertz CT molecular complexity index is 1460. The number of allylic oxidation sites excluding steroid dienone is 1. The van der Waals surface area contributed by atoms with Crippen LogP contribution in [0.4, 0.5) is 5.69 Å². The molecule has 0 bridgehead atoms. The lowest BCUT2D eigenvalue weighted by Crippen LogP contribution is -2.40. The fraction of sp³-hybridized carbons (Fsp3) is 0.429. The molecular weight excluding hydrogens is 560 g/mol. The molecule has 0 spiro atoms. The second-order valence-electron chi connectivity index (χ2n) is 10.8. The molecule has 43 heavy (non-hydrogen) atoms. The molecule has 0 N–H and O–H groups in total. The Hall–Kier alpha value is -3.78. The van der Waals surface area contributed by atoms with Gasteiger partial charge in [0.15, 0.2) is 18.1 Å². The van der Waals surface area contributed by atoms with E-state index in [2.05, 4.69) is 48.9 Å². The number of ether oxygens (including phenoxy) is 2. The van der Waals surface area contributed by atoms with Crippen LogP contribution in [-0.4, -0.2) is 43.8 Å². The van der Waals surface area contributed by atoms with E-state index in [1.807, 2.05) is 30.3 Å². The lowest BCUT2D eigenvalue weighted by atomic mass is 9.72. The number of esters is 1. The van der Waals surface area contributed by atoms with Crippen LogP contribution in [-0.2, 0) is 25.7 Å². The summed E-state index contributed by atoms with van der Waals surface area (Å²) in [5, 5.41) is 0.906. The largest absolute Gasteiger partial charge is 0.490 e. The van der Waals surface area contributed by atoms with Crippen molar-refractivity contribution in [3.63, 3.8) is 0 Å². The number of benzene rings is 2. The Kier molecular flexibility index (Phi) is 11.7. The number of ketones is 2. The third kappa shape index (κ3) is 7.60. The number of aryl methyl sites for hydroxylation is 1. The van der Waals surface area contributed by atoms with Crippen LogP contribution in [0.3, 0.4) is 0 Å². The smallest absolute Gasteiger partial charge is 0.330 e. The molecule has 1 saturated carbocycles. The fourth-order valence-corrected chi connectivity index (χ4v) is 6.36. The van der Waals surface area contributed by atoms with Gasteiger partial charge in [-0.2, -0.15) is 4.57 Å². The zero-order valence-corrected chi connectivity index (χ0v) is 26.4. The maximum Gasteiger partial charge on any atom is 0.330 e. The van der Waals surface area contributed by atoms with Gasteiger partial charge in [-0.1, -0.05) is 76.1 Å². The highest BCUT2D eigenvalue weighted by Gasteiger charge is 2.47. The number of carbonyl (C=O) groups is 3. The standard InChI is InChI=1S/C35H43N2O5S/c1-5-9-18-36(19-10-6-2)25-16-17-26(29(23-25)41-21-22-42-32(38)8-4)33-34(39)27(35(33)40)24-31-37(20-11-7-3)28-14-12-13-15-30(28)43-31/h8,12-17,23-24,33H,4-7,9-11,18-22H2,1-3H3/q+1. The Morgan fingerprint density at radius 3 is 2.35 bits per heavy atom. The number of hydrogen-bond acceptors (Lipinski definition) is 7. The molecule has 0 amide bonds. The SMILES string of the molecule is C=CC(=O)OCCOc1cc(N(CCCC)CCCC)ccc1C1C(=O)C(=Cc2sc3ccccc3[n+]2CCCC)C1=O. The molecule has 0 atom stereocenters. The van der Waals surface area contributed by atoms with Crippen LogP contribution in [0.25, 0.3) is 16.3 Å². The number of anilines is 1. The van der Waals surface area contributed by atoms with E-state index in [9.17, 15) is 14.4 Å². The minimum atomic E-state index is -0.913. The van der Waals surface area contributed by atoms with Gasteiger partial charge in [0.1, 0.15) is 29.6 Å². The maximum atomic E-state index is 13.6. The van der Waals surface area contributed by atoms with Gasteiger partial charge in [-0.3, -0.25) is 9.59 Å². The van der Waals surface area contributed by atoms with Crippen LogP contribution >= 0.6 is 11.3 Å². The summed E-state index contributed by atoms with van der Waals surface area (Å²) in [4.78, 5) is 41.0. The highest BCUT2D eigenvalue weighted by atomic mass is 32.1. The highest BCUT2D eigenvalue weighted by Crippen LogP contribution is 2.41. The van der Waals surface area contributed by atoms with Crippen molar-refractivity contribution in [3.05, 3.63) is 71.3 Å². The van der Waals surface area contributed by atoms with Crippen molar-refractivity contribution < 1.29 is 28.4 Å². The van der Waals surface area contributed by atoms with Crippen LogP contribution in [0.1, 0.15) is 75.8 Å². The monoisotopic (exact) mass is 603 g/mol. The molecule has 0 unspecified atom stereocenters. The molecule has 2 aromatic carbocycles. The first-order valence-electron chi connectivity index (χ1n) is 15.5. The van der Waals surface area contributed by atoms with Crippen molar-refractivity contribution >= 4 is 50.9 Å². The lowest BCUT2D eigenvalue weighted by Gasteiger charge is -2.29. The van der Waals surface area contributed by atoms with E-state index in [4.69, 9.17) is 9.47 Å². The van der Waals surface area contributed by atoms with Gasteiger partial charge < -0.3 is 14.4 Å². The van der Waals surface area contributed by atoms with E-state index in [0.717, 1.165) is 85.1 Å². The van der Waals surface area contributed by atoms with Crippen LogP contribution in [0.15, 0.2) is 60.7 Å². The fourth-order valence-electron chi connectivity index (χ4n) is 5.23. The predicted molar refractivity (Wildman–Crippen MR) is 173 cm³/mol. The first-order chi connectivity index (χ1) is 20.9. The summed E-state index contributed by atoms with van der Waals surface area (Å²) in [6, 6.07) is 13.9. The minimum Gasteiger partial charge on any atom is -0.490 e. The average Bonchev–Trinajstić information content (AvgIpc) is 3.38. The number of aromatic nitrogens is 1. The lowest BCUT2D eigenvalue weighted by molar-refractivity contribution is -0.669. The molecule has 0 aliphatic heterocycles. The Morgan fingerprint density at radius 1 is 0.977 bits per heavy atom. The van der Waals surface area contributed by atoms with E-state index in [-0.39, 0.29) is 30.4 Å². The zero-order valence-electron chi connectivity index (χ0n) is 25.6. The quantitative estimate of drug-likeness (QED) is 0.0421. The summed E-state index contributed by atoms with van der Waals surface area (Å²) in [6.45, 7) is 12.7. The van der Waals surface area contributed by atoms with Crippen molar-refractivity contribution in [2.75, 3.05) is 31.2 Å². The number of thiazole rings is 1. The highest BCUT2D eigenvalue weighted by molar-refractivity contribution is 7.18. The van der Waals surface area contributed by atoms with Gasteiger partial charge >= 0.3 is 5.97 Å². The third-order valence-corrected chi connectivity index (χ3v) is 8.80. The number of unbranched alkanes of at least 4 members (excludes halogenated alkanes) is 3. The summed E-state index contributed by atoms with van der Waals surface area (Å²) in [7, 11) is 0. The number of fused-ring (bicyclic) bond motifs is 1. The normalized spacial score (nSPS) is 14.5. The maximum absolute atomic E-state index is 13.6. The van der Waals surface area contributed by atoms with Crippen LogP contribution < -0.4 is 14.2 Å². The predicted octanol–water partition coefficient (Wildman–Crippen LogP) is 6.82. The number of para-hydroxylation sites is 1. The second-order valence-corrected chi connectivity index (χ2v) is 11.8. The van der Waals surface area contributed by atoms with Gasteiger partial charge in [-0.05, 0) is 25.0 Å². The molecule has 7 nitrogen and oxygen atoms in total. The van der Waals surface area contributed by atoms with Crippen molar-refractivity contribution in [2.24, 2.45) is 0 Å². The molecule has 1 aliphatic rings. The second kappa shape index (κ2) is 15.6. The summed E-state index contributed by atoms with van der Waals surface area (Å²) in [5.74, 6) is -1.37. The molecule has 4 rings (SSSR count). The van der Waals surface area contributed by atoms with Crippen molar-refractivity contribution in [1.82, 2.24) is 0 Å². The number of rotatable bonds is 17. The molecule has 1 aliphatic carbocycles. The van der Waals surface area contributed by atoms with Gasteiger partial charge in [-0.15, -0.1) is 0 Å². The summed E-state index contributed by atoms with van der Waals surface area (Å²) >= 11 is 1.60. The van der Waals surface area contributed by atoms with Crippen LogP contribution in [0.5, 0.6) is 5.75 Å². The van der Waals surface area contributed by atoms with E-state index in [0.29, 0.717) is 11.3 Å². The van der Waals surface area contributed by atoms with Crippen molar-refractivity contribution in [3.8, 4) is 5.75 Å². The van der Waals surface area contributed by atoms with Gasteiger partial charge in [0.2, 0.25) is 5.52 Å². The van der Waals surface area contributed by atoms with Gasteiger partial charge in [0.25, 0.3) is 5.01 Å². The third-order valence-electron chi connectivity index (χ3n) is 7.68. The Morgan fingerprint density at radius 2 is 1.67 bits per heavy atom. The topological polar surface area (TPSA) is 76.8 Å². The van der Waals surface area contributed by atoms with Crippen LogP contribution in [0, 0.1) is 0 Å². The van der Waals surface area contributed by atoms with Crippen molar-refractivity contribution in [1.29, 1.82) is 0 Å². The molecular formula is C35H43N2O5S+. The molecule has 0 saturated heterocycles. The van der Waals surface area contributed by atoms with E-state index in [1.54, 1.807) is 17.4 Å². The molecule has 228 valence electrons. The van der Waals surface area contributed by atoms with Crippen LogP contribution in [0.2, 0.25) is 0 Å². The minimum absolute atomic E-state index is 0.0330. The number of hydrogen-bond donors (Lipinski definition) is 0. The molecule has 1 heterocycles. The molecule has 1 aromatic heterocycles. The first-order valence-corrected chi connectivity index (χ1v) is 16.3. The van der Waals surface area contributed by atoms with Crippen molar-refractivity contribution in [2.45, 2.75) is 71.8 Å². The summed E-state index contributed by atoms with van der Waals surface area (Å²) in [6.07, 6.45) is 9.21. The summed E-state index contributed by atoms with van der Waals surface area (Å²) in [5.41, 5.74) is 2.88. The molecule has 3 aromatic rings. The molecule has 1 fully saturated rings. The van der Waals surface area contributed by atoms with E-state index < -0.39 is 11.9 Å². The summed E-state index contributed by atoms with van der Waals surface area (Å²) < 4.78 is 14.5. The number of carbonyl (C=O) groups excluding carboxylic acids is 3. The average molecular weight is 604 g/mol. The van der Waals surface area contributed by atoms with E-state index in [1.165, 1.54) is 0 Å². The zero-order chi connectivity index (χ0) is 30.8. The Labute approximate surface area is 258 Å². The van der Waals surface area contributed by atoms with E-state index >= 15 is 0 Å². The molecule has 8 heteroatoms. The number of Topliss-reactive ketones (excluding diaryl/α,β-unsaturated/α-hetero) is 2. The Balaban J connectivity index is 1.63. The molecule has 0 radical (unpaired) electrons.